The lowest BCUT2D eigenvalue weighted by atomic mass is 10.2. The Labute approximate surface area is 164 Å². The summed E-state index contributed by atoms with van der Waals surface area (Å²) < 4.78 is 14.7. The maximum absolute atomic E-state index is 13.1. The summed E-state index contributed by atoms with van der Waals surface area (Å²) in [6.07, 6.45) is 1.39. The number of nitrogens with zero attached hydrogens (tertiary/aromatic N) is 5. The van der Waals surface area contributed by atoms with E-state index in [2.05, 4.69) is 25.6 Å². The first-order chi connectivity index (χ1) is 13.6. The van der Waals surface area contributed by atoms with Crippen molar-refractivity contribution in [3.8, 4) is 5.69 Å². The fraction of sp³-hybridized carbons (Fsp3) is 0.105. The van der Waals surface area contributed by atoms with Crippen molar-refractivity contribution in [2.24, 2.45) is 0 Å². The molecule has 9 heteroatoms. The van der Waals surface area contributed by atoms with Crippen molar-refractivity contribution in [1.82, 2.24) is 25.0 Å². The third-order valence-electron chi connectivity index (χ3n) is 3.95. The van der Waals surface area contributed by atoms with E-state index in [1.54, 1.807) is 12.1 Å². The summed E-state index contributed by atoms with van der Waals surface area (Å²) >= 11 is 1.25. The van der Waals surface area contributed by atoms with Gasteiger partial charge in [-0.2, -0.15) is 4.68 Å². The average molecular weight is 394 g/mol. The van der Waals surface area contributed by atoms with E-state index in [-0.39, 0.29) is 17.5 Å². The fourth-order valence-electron chi connectivity index (χ4n) is 2.56. The van der Waals surface area contributed by atoms with Gasteiger partial charge in [0, 0.05) is 5.69 Å². The van der Waals surface area contributed by atoms with Gasteiger partial charge in [0.25, 0.3) is 0 Å². The molecule has 0 radical (unpaired) electrons. The van der Waals surface area contributed by atoms with Gasteiger partial charge < -0.3 is 5.32 Å². The molecule has 0 fully saturated rings. The normalized spacial score (nSPS) is 10.9. The lowest BCUT2D eigenvalue weighted by molar-refractivity contribution is -0.113. The number of fused-ring (bicyclic) bond motifs is 1. The molecule has 0 spiro atoms. The van der Waals surface area contributed by atoms with Gasteiger partial charge in [-0.1, -0.05) is 34.7 Å². The Hall–Kier alpha value is -3.33. The standard InChI is InChI=1S/C19H15FN6OS/c1-12-2-6-14(7-3-12)23-16(27)10-28-19-17-18(21-11-22-19)26(25-24-17)15-8-4-13(20)5-9-15/h2-9,11H,10H2,1H3,(H,23,27). The van der Waals surface area contributed by atoms with Gasteiger partial charge in [0.1, 0.15) is 17.2 Å². The molecule has 2 aromatic carbocycles. The first kappa shape index (κ1) is 18.1. The Bertz CT molecular complexity index is 1130. The number of hydrogen-bond acceptors (Lipinski definition) is 6. The molecule has 0 bridgehead atoms. The highest BCUT2D eigenvalue weighted by atomic mass is 32.2. The van der Waals surface area contributed by atoms with Gasteiger partial charge >= 0.3 is 0 Å². The Morgan fingerprint density at radius 2 is 1.86 bits per heavy atom. The second kappa shape index (κ2) is 7.73. The number of aromatic nitrogens is 5. The number of aryl methyl sites for hydroxylation is 1. The third-order valence-corrected chi connectivity index (χ3v) is 4.93. The monoisotopic (exact) mass is 394 g/mol. The van der Waals surface area contributed by atoms with Crippen molar-refractivity contribution in [3.05, 3.63) is 66.2 Å². The molecule has 4 rings (SSSR count). The molecule has 0 atom stereocenters. The summed E-state index contributed by atoms with van der Waals surface area (Å²) in [4.78, 5) is 20.7. The predicted molar refractivity (Wildman–Crippen MR) is 105 cm³/mol. The highest BCUT2D eigenvalue weighted by Gasteiger charge is 2.15. The van der Waals surface area contributed by atoms with E-state index in [4.69, 9.17) is 0 Å². The van der Waals surface area contributed by atoms with E-state index in [1.165, 1.54) is 34.9 Å². The van der Waals surface area contributed by atoms with E-state index < -0.39 is 0 Å². The zero-order chi connectivity index (χ0) is 19.5. The van der Waals surface area contributed by atoms with E-state index in [9.17, 15) is 9.18 Å². The van der Waals surface area contributed by atoms with Crippen LogP contribution in [0.25, 0.3) is 16.9 Å². The van der Waals surface area contributed by atoms with Crippen molar-refractivity contribution in [1.29, 1.82) is 0 Å². The van der Waals surface area contributed by atoms with Crippen LogP contribution >= 0.6 is 11.8 Å². The minimum absolute atomic E-state index is 0.147. The lowest BCUT2D eigenvalue weighted by Gasteiger charge is -2.05. The zero-order valence-electron chi connectivity index (χ0n) is 14.8. The quantitative estimate of drug-likeness (QED) is 0.413. The van der Waals surface area contributed by atoms with Crippen LogP contribution in [0.15, 0.2) is 59.9 Å². The van der Waals surface area contributed by atoms with Crippen LogP contribution in [0.4, 0.5) is 10.1 Å². The molecule has 2 aromatic heterocycles. The average Bonchev–Trinajstić information content (AvgIpc) is 3.13. The molecule has 2 heterocycles. The first-order valence-electron chi connectivity index (χ1n) is 8.42. The summed E-state index contributed by atoms with van der Waals surface area (Å²) in [5.74, 6) is -0.311. The van der Waals surface area contributed by atoms with Gasteiger partial charge in [0.2, 0.25) is 5.91 Å². The molecule has 0 saturated carbocycles. The summed E-state index contributed by atoms with van der Waals surface area (Å²) in [5.41, 5.74) is 3.48. The minimum atomic E-state index is -0.335. The Balaban J connectivity index is 1.50. The highest BCUT2D eigenvalue weighted by molar-refractivity contribution is 8.00. The van der Waals surface area contributed by atoms with Crippen LogP contribution in [0.3, 0.4) is 0 Å². The molecule has 1 amide bonds. The number of benzene rings is 2. The summed E-state index contributed by atoms with van der Waals surface area (Å²) in [5, 5.41) is 11.6. The van der Waals surface area contributed by atoms with Crippen LogP contribution < -0.4 is 5.32 Å². The van der Waals surface area contributed by atoms with E-state index in [0.29, 0.717) is 21.9 Å². The van der Waals surface area contributed by atoms with Crippen LogP contribution in [0.2, 0.25) is 0 Å². The number of rotatable bonds is 5. The molecule has 4 aromatic rings. The molecule has 28 heavy (non-hydrogen) atoms. The Morgan fingerprint density at radius 1 is 1.11 bits per heavy atom. The summed E-state index contributed by atoms with van der Waals surface area (Å²) in [7, 11) is 0. The zero-order valence-corrected chi connectivity index (χ0v) is 15.7. The van der Waals surface area contributed by atoms with E-state index in [0.717, 1.165) is 11.3 Å². The van der Waals surface area contributed by atoms with Gasteiger partial charge in [0.05, 0.1) is 11.4 Å². The van der Waals surface area contributed by atoms with Crippen molar-refractivity contribution >= 4 is 34.5 Å². The predicted octanol–water partition coefficient (Wildman–Crippen LogP) is 3.39. The van der Waals surface area contributed by atoms with Crippen molar-refractivity contribution in [3.63, 3.8) is 0 Å². The van der Waals surface area contributed by atoms with E-state index >= 15 is 0 Å². The van der Waals surface area contributed by atoms with Crippen LogP contribution in [-0.4, -0.2) is 36.6 Å². The first-order valence-corrected chi connectivity index (χ1v) is 9.40. The molecule has 0 saturated heterocycles. The highest BCUT2D eigenvalue weighted by Crippen LogP contribution is 2.24. The topological polar surface area (TPSA) is 85.6 Å². The molecule has 7 nitrogen and oxygen atoms in total. The van der Waals surface area contributed by atoms with Crippen molar-refractivity contribution < 1.29 is 9.18 Å². The molecule has 0 unspecified atom stereocenters. The Kier molecular flexibility index (Phi) is 4.98. The third kappa shape index (κ3) is 3.84. The molecule has 140 valence electrons. The Morgan fingerprint density at radius 3 is 2.61 bits per heavy atom. The van der Waals surface area contributed by atoms with Crippen molar-refractivity contribution in [2.45, 2.75) is 11.9 Å². The molecular weight excluding hydrogens is 379 g/mol. The summed E-state index contributed by atoms with van der Waals surface area (Å²) in [6.45, 7) is 1.99. The van der Waals surface area contributed by atoms with Gasteiger partial charge in [-0.15, -0.1) is 5.10 Å². The van der Waals surface area contributed by atoms with Crippen LogP contribution in [0.5, 0.6) is 0 Å². The number of halogens is 1. The van der Waals surface area contributed by atoms with Gasteiger partial charge in [-0.3, -0.25) is 4.79 Å². The van der Waals surface area contributed by atoms with Gasteiger partial charge in [-0.05, 0) is 43.3 Å². The summed E-state index contributed by atoms with van der Waals surface area (Å²) in [6, 6.07) is 13.4. The second-order valence-electron chi connectivity index (χ2n) is 6.03. The molecule has 0 aliphatic heterocycles. The maximum atomic E-state index is 13.1. The SMILES string of the molecule is Cc1ccc(NC(=O)CSc2ncnc3c2nnn3-c2ccc(F)cc2)cc1. The number of carbonyl (C=O) groups excluding carboxylic acids is 1. The van der Waals surface area contributed by atoms with Gasteiger partial charge in [-0.25, -0.2) is 14.4 Å². The molecule has 1 N–H and O–H groups in total. The lowest BCUT2D eigenvalue weighted by Crippen LogP contribution is -2.14. The van der Waals surface area contributed by atoms with E-state index in [1.807, 2.05) is 31.2 Å². The van der Waals surface area contributed by atoms with Crippen molar-refractivity contribution in [2.75, 3.05) is 11.1 Å². The van der Waals surface area contributed by atoms with Crippen LogP contribution in [0, 0.1) is 12.7 Å². The van der Waals surface area contributed by atoms with Crippen LogP contribution in [-0.2, 0) is 4.79 Å². The van der Waals surface area contributed by atoms with Crippen LogP contribution in [0.1, 0.15) is 5.56 Å². The molecular formula is C19H15FN6OS. The smallest absolute Gasteiger partial charge is 0.234 e. The largest absolute Gasteiger partial charge is 0.325 e. The number of carbonyl (C=O) groups is 1. The number of anilines is 1. The number of thioether (sulfide) groups is 1. The molecule has 0 aliphatic carbocycles. The molecule has 0 aliphatic rings. The fourth-order valence-corrected chi connectivity index (χ4v) is 3.29. The number of amides is 1. The minimum Gasteiger partial charge on any atom is -0.325 e. The maximum Gasteiger partial charge on any atom is 0.234 e. The second-order valence-corrected chi connectivity index (χ2v) is 7.00. The number of nitrogens with one attached hydrogen (secondary N) is 1. The van der Waals surface area contributed by atoms with Gasteiger partial charge in [0.15, 0.2) is 11.2 Å². The number of hydrogen-bond donors (Lipinski definition) is 1.